The molecule has 1 aromatic carbocycles. The molecule has 0 saturated carbocycles. The van der Waals surface area contributed by atoms with Gasteiger partial charge in [0.05, 0.1) is 10.6 Å². The molecule has 0 radical (unpaired) electrons. The molecule has 0 spiro atoms. The molecule has 0 amide bonds. The molecule has 0 aliphatic carbocycles. The van der Waals surface area contributed by atoms with Crippen molar-refractivity contribution in [2.45, 2.75) is 33.2 Å². The van der Waals surface area contributed by atoms with Crippen LogP contribution in [0.4, 0.5) is 5.69 Å². The highest BCUT2D eigenvalue weighted by atomic mass is 16.6. The Bertz CT molecular complexity index is 619. The number of nitrogens with zero attached hydrogens (tertiary/aromatic N) is 2. The molecule has 5 heteroatoms. The van der Waals surface area contributed by atoms with Crippen molar-refractivity contribution in [3.63, 3.8) is 0 Å². The lowest BCUT2D eigenvalue weighted by molar-refractivity contribution is -0.384. The van der Waals surface area contributed by atoms with Crippen molar-refractivity contribution >= 4 is 5.69 Å². The van der Waals surface area contributed by atoms with Gasteiger partial charge in [0, 0.05) is 24.4 Å². The van der Waals surface area contributed by atoms with E-state index in [1.54, 1.807) is 12.1 Å². The van der Waals surface area contributed by atoms with Gasteiger partial charge < -0.3 is 5.32 Å². The lowest BCUT2D eigenvalue weighted by Gasteiger charge is -2.06. The normalized spacial score (nSPS) is 10.6. The van der Waals surface area contributed by atoms with Gasteiger partial charge in [0.2, 0.25) is 0 Å². The van der Waals surface area contributed by atoms with Gasteiger partial charge in [-0.15, -0.1) is 0 Å². The van der Waals surface area contributed by atoms with Crippen LogP contribution in [0.25, 0.3) is 0 Å². The van der Waals surface area contributed by atoms with Crippen LogP contribution < -0.4 is 5.32 Å². The Morgan fingerprint density at radius 1 is 1.18 bits per heavy atom. The zero-order valence-electron chi connectivity index (χ0n) is 13.0. The fourth-order valence-electron chi connectivity index (χ4n) is 2.43. The predicted octanol–water partition coefficient (Wildman–Crippen LogP) is 3.33. The van der Waals surface area contributed by atoms with E-state index in [1.165, 1.54) is 5.56 Å². The van der Waals surface area contributed by atoms with Gasteiger partial charge in [0.1, 0.15) is 0 Å². The molecule has 5 nitrogen and oxygen atoms in total. The molecule has 2 aromatic rings. The van der Waals surface area contributed by atoms with E-state index in [0.29, 0.717) is 0 Å². The van der Waals surface area contributed by atoms with E-state index in [2.05, 4.69) is 29.4 Å². The molecule has 116 valence electrons. The van der Waals surface area contributed by atoms with Gasteiger partial charge in [-0.3, -0.25) is 15.1 Å². The topological polar surface area (TPSA) is 68.1 Å². The zero-order valence-corrected chi connectivity index (χ0v) is 13.0. The van der Waals surface area contributed by atoms with Gasteiger partial charge in [-0.1, -0.05) is 12.1 Å². The summed E-state index contributed by atoms with van der Waals surface area (Å²) in [4.78, 5) is 14.7. The van der Waals surface area contributed by atoms with Crippen LogP contribution in [-0.2, 0) is 13.0 Å². The zero-order chi connectivity index (χ0) is 15.9. The lowest BCUT2D eigenvalue weighted by atomic mass is 10.1. The summed E-state index contributed by atoms with van der Waals surface area (Å²) < 4.78 is 0. The van der Waals surface area contributed by atoms with Gasteiger partial charge in [-0.05, 0) is 56.5 Å². The number of non-ortho nitro benzene ring substituents is 1. The number of aromatic nitrogens is 1. The summed E-state index contributed by atoms with van der Waals surface area (Å²) in [5.41, 5.74) is 4.60. The monoisotopic (exact) mass is 299 g/mol. The molecular formula is C17H21N3O2. The molecule has 0 aliphatic rings. The molecule has 0 fully saturated rings. The van der Waals surface area contributed by atoms with Gasteiger partial charge in [-0.25, -0.2) is 0 Å². The first kappa shape index (κ1) is 16.1. The third-order valence-electron chi connectivity index (χ3n) is 3.42. The summed E-state index contributed by atoms with van der Waals surface area (Å²) >= 11 is 0. The average Bonchev–Trinajstić information content (AvgIpc) is 2.46. The number of hydrogen-bond acceptors (Lipinski definition) is 4. The molecule has 0 atom stereocenters. The number of benzene rings is 1. The number of hydrogen-bond donors (Lipinski definition) is 1. The van der Waals surface area contributed by atoms with Crippen LogP contribution in [0.1, 0.15) is 28.9 Å². The SMILES string of the molecule is Cc1cc(C)nc(CNCCCc2ccc([N+](=O)[O-])cc2)c1. The van der Waals surface area contributed by atoms with Crippen molar-refractivity contribution < 1.29 is 4.92 Å². The van der Waals surface area contributed by atoms with Crippen molar-refractivity contribution in [3.8, 4) is 0 Å². The van der Waals surface area contributed by atoms with E-state index < -0.39 is 0 Å². The molecule has 1 heterocycles. The molecule has 1 aromatic heterocycles. The van der Waals surface area contributed by atoms with Crippen molar-refractivity contribution in [1.29, 1.82) is 0 Å². The smallest absolute Gasteiger partial charge is 0.269 e. The van der Waals surface area contributed by atoms with Crippen LogP contribution in [0.3, 0.4) is 0 Å². The van der Waals surface area contributed by atoms with Gasteiger partial charge in [0.25, 0.3) is 5.69 Å². The van der Waals surface area contributed by atoms with Crippen LogP contribution in [0.2, 0.25) is 0 Å². The maximum Gasteiger partial charge on any atom is 0.269 e. The van der Waals surface area contributed by atoms with E-state index in [1.807, 2.05) is 19.1 Å². The third-order valence-corrected chi connectivity index (χ3v) is 3.42. The Labute approximate surface area is 130 Å². The highest BCUT2D eigenvalue weighted by molar-refractivity contribution is 5.32. The Morgan fingerprint density at radius 3 is 2.55 bits per heavy atom. The minimum atomic E-state index is -0.373. The molecule has 0 saturated heterocycles. The Hall–Kier alpha value is -2.27. The summed E-state index contributed by atoms with van der Waals surface area (Å²) in [6, 6.07) is 10.9. The number of nitro groups is 1. The fourth-order valence-corrected chi connectivity index (χ4v) is 2.43. The van der Waals surface area contributed by atoms with Gasteiger partial charge in [0.15, 0.2) is 0 Å². The second-order valence-electron chi connectivity index (χ2n) is 5.48. The van der Waals surface area contributed by atoms with E-state index in [9.17, 15) is 10.1 Å². The first-order chi connectivity index (χ1) is 10.5. The second-order valence-corrected chi connectivity index (χ2v) is 5.48. The van der Waals surface area contributed by atoms with Crippen molar-refractivity contribution in [2.75, 3.05) is 6.54 Å². The Morgan fingerprint density at radius 2 is 1.91 bits per heavy atom. The van der Waals surface area contributed by atoms with Crippen molar-refractivity contribution in [3.05, 3.63) is 69.0 Å². The predicted molar refractivity (Wildman–Crippen MR) is 86.8 cm³/mol. The molecule has 1 N–H and O–H groups in total. The van der Waals surface area contributed by atoms with Crippen LogP contribution in [0.5, 0.6) is 0 Å². The number of nitrogens with one attached hydrogen (secondary N) is 1. The van der Waals surface area contributed by atoms with E-state index in [4.69, 9.17) is 0 Å². The molecule has 0 bridgehead atoms. The van der Waals surface area contributed by atoms with Crippen molar-refractivity contribution in [1.82, 2.24) is 10.3 Å². The summed E-state index contributed by atoms with van der Waals surface area (Å²) in [5, 5.41) is 14.0. The number of nitro benzene ring substituents is 1. The van der Waals surface area contributed by atoms with Crippen LogP contribution in [0.15, 0.2) is 36.4 Å². The van der Waals surface area contributed by atoms with E-state index in [-0.39, 0.29) is 10.6 Å². The highest BCUT2D eigenvalue weighted by Gasteiger charge is 2.03. The standard InChI is InChI=1S/C17H21N3O2/c1-13-10-14(2)19-16(11-13)12-18-9-3-4-15-5-7-17(8-6-15)20(21)22/h5-8,10-11,18H,3-4,9,12H2,1-2H3. The Kier molecular flexibility index (Phi) is 5.61. The van der Waals surface area contributed by atoms with Gasteiger partial charge >= 0.3 is 0 Å². The Balaban J connectivity index is 1.72. The number of rotatable bonds is 7. The lowest BCUT2D eigenvalue weighted by Crippen LogP contribution is -2.16. The summed E-state index contributed by atoms with van der Waals surface area (Å²) in [7, 11) is 0. The molecular weight excluding hydrogens is 278 g/mol. The third kappa shape index (κ3) is 4.93. The van der Waals surface area contributed by atoms with E-state index in [0.717, 1.165) is 42.9 Å². The first-order valence-corrected chi connectivity index (χ1v) is 7.43. The molecule has 2 rings (SSSR count). The van der Waals surface area contributed by atoms with Crippen LogP contribution >= 0.6 is 0 Å². The minimum Gasteiger partial charge on any atom is -0.311 e. The maximum atomic E-state index is 10.6. The minimum absolute atomic E-state index is 0.141. The van der Waals surface area contributed by atoms with E-state index >= 15 is 0 Å². The van der Waals surface area contributed by atoms with Crippen LogP contribution in [0, 0.1) is 24.0 Å². The fraction of sp³-hybridized carbons (Fsp3) is 0.353. The largest absolute Gasteiger partial charge is 0.311 e. The van der Waals surface area contributed by atoms with Crippen molar-refractivity contribution in [2.24, 2.45) is 0 Å². The molecule has 0 unspecified atom stereocenters. The summed E-state index contributed by atoms with van der Waals surface area (Å²) in [6.45, 7) is 5.74. The first-order valence-electron chi connectivity index (χ1n) is 7.43. The number of pyridine rings is 1. The van der Waals surface area contributed by atoms with Crippen LogP contribution in [-0.4, -0.2) is 16.5 Å². The number of aryl methyl sites for hydroxylation is 3. The summed E-state index contributed by atoms with van der Waals surface area (Å²) in [5.74, 6) is 0. The second kappa shape index (κ2) is 7.66. The van der Waals surface area contributed by atoms with Gasteiger partial charge in [-0.2, -0.15) is 0 Å². The average molecular weight is 299 g/mol. The molecule has 0 aliphatic heterocycles. The molecule has 22 heavy (non-hydrogen) atoms. The summed E-state index contributed by atoms with van der Waals surface area (Å²) in [6.07, 6.45) is 1.90. The maximum absolute atomic E-state index is 10.6. The quantitative estimate of drug-likeness (QED) is 0.484. The highest BCUT2D eigenvalue weighted by Crippen LogP contribution is 2.12.